The molecule has 1 N–H and O–H groups in total. The fourth-order valence-electron chi connectivity index (χ4n) is 3.31. The number of benzene rings is 2. The van der Waals surface area contributed by atoms with Gasteiger partial charge in [-0.05, 0) is 31.0 Å². The number of hydrogen-bond donors (Lipinski definition) is 1. The van der Waals surface area contributed by atoms with Crippen molar-refractivity contribution in [1.82, 2.24) is 15.1 Å². The fourth-order valence-corrected chi connectivity index (χ4v) is 3.31. The van der Waals surface area contributed by atoms with Crippen LogP contribution in [0.5, 0.6) is 0 Å². The highest BCUT2D eigenvalue weighted by atomic mass is 16.1. The molecular weight excluding hydrogens is 326 g/mol. The van der Waals surface area contributed by atoms with Crippen molar-refractivity contribution < 1.29 is 4.79 Å². The van der Waals surface area contributed by atoms with Crippen molar-refractivity contribution in [2.45, 2.75) is 24.9 Å². The summed E-state index contributed by atoms with van der Waals surface area (Å²) in [4.78, 5) is 24.9. The van der Waals surface area contributed by atoms with Crippen LogP contribution in [0.4, 0.5) is 0 Å². The molecule has 0 radical (unpaired) electrons. The maximum absolute atomic E-state index is 12.7. The van der Waals surface area contributed by atoms with Crippen molar-refractivity contribution in [3.8, 4) is 0 Å². The first-order chi connectivity index (χ1) is 12.7. The molecule has 0 spiro atoms. The van der Waals surface area contributed by atoms with E-state index in [1.807, 2.05) is 54.6 Å². The molecule has 1 amide bonds. The number of hydrogen-bond acceptors (Lipinski definition) is 3. The fraction of sp³-hybridized carbons (Fsp3) is 0.190. The first-order valence-electron chi connectivity index (χ1n) is 8.73. The number of amides is 1. The van der Waals surface area contributed by atoms with Crippen molar-refractivity contribution in [2.24, 2.45) is 0 Å². The third-order valence-electron chi connectivity index (χ3n) is 4.73. The molecule has 2 aromatic carbocycles. The van der Waals surface area contributed by atoms with Crippen LogP contribution in [-0.2, 0) is 0 Å². The van der Waals surface area contributed by atoms with Crippen LogP contribution in [0.15, 0.2) is 77.7 Å². The van der Waals surface area contributed by atoms with Gasteiger partial charge in [-0.3, -0.25) is 9.59 Å². The lowest BCUT2D eigenvalue weighted by molar-refractivity contribution is 0.0941. The van der Waals surface area contributed by atoms with Gasteiger partial charge in [-0.2, -0.15) is 5.10 Å². The van der Waals surface area contributed by atoms with E-state index in [1.54, 1.807) is 18.3 Å². The van der Waals surface area contributed by atoms with E-state index in [2.05, 4.69) is 10.4 Å². The zero-order valence-corrected chi connectivity index (χ0v) is 14.2. The van der Waals surface area contributed by atoms with E-state index in [-0.39, 0.29) is 23.6 Å². The maximum Gasteiger partial charge on any atom is 0.275 e. The molecule has 1 aromatic heterocycles. The Bertz CT molecular complexity index is 1020. The average molecular weight is 345 g/mol. The van der Waals surface area contributed by atoms with E-state index < -0.39 is 0 Å². The van der Waals surface area contributed by atoms with Crippen LogP contribution in [0.25, 0.3) is 10.8 Å². The van der Waals surface area contributed by atoms with Crippen molar-refractivity contribution in [2.75, 3.05) is 0 Å². The molecule has 0 fully saturated rings. The number of nitrogens with zero attached hydrogens (tertiary/aromatic N) is 2. The molecule has 2 atom stereocenters. The summed E-state index contributed by atoms with van der Waals surface area (Å²) in [5.74, 6) is -0.0836. The maximum atomic E-state index is 12.7. The molecule has 1 aliphatic rings. The second-order valence-corrected chi connectivity index (χ2v) is 6.46. The van der Waals surface area contributed by atoms with Crippen LogP contribution >= 0.6 is 0 Å². The molecule has 0 unspecified atom stereocenters. The first kappa shape index (κ1) is 16.3. The van der Waals surface area contributed by atoms with Gasteiger partial charge >= 0.3 is 0 Å². The van der Waals surface area contributed by atoms with Gasteiger partial charge in [0, 0.05) is 17.0 Å². The van der Waals surface area contributed by atoms with E-state index >= 15 is 0 Å². The molecule has 26 heavy (non-hydrogen) atoms. The van der Waals surface area contributed by atoms with Crippen molar-refractivity contribution in [1.29, 1.82) is 0 Å². The van der Waals surface area contributed by atoms with Gasteiger partial charge in [0.05, 0.1) is 17.6 Å². The highest BCUT2D eigenvalue weighted by Crippen LogP contribution is 2.21. The summed E-state index contributed by atoms with van der Waals surface area (Å²) in [6, 6.07) is 16.5. The lowest BCUT2D eigenvalue weighted by Crippen LogP contribution is -2.37. The Kier molecular flexibility index (Phi) is 4.35. The highest BCUT2D eigenvalue weighted by molar-refractivity contribution is 5.94. The minimum absolute atomic E-state index is 0.0323. The summed E-state index contributed by atoms with van der Waals surface area (Å²) in [5.41, 5.74) is 0.569. The van der Waals surface area contributed by atoms with Gasteiger partial charge < -0.3 is 5.32 Å². The molecule has 3 aromatic rings. The molecule has 0 saturated heterocycles. The zero-order valence-electron chi connectivity index (χ0n) is 14.2. The quantitative estimate of drug-likeness (QED) is 0.742. The van der Waals surface area contributed by atoms with Gasteiger partial charge in [0.15, 0.2) is 0 Å². The molecule has 130 valence electrons. The molecule has 0 aliphatic heterocycles. The van der Waals surface area contributed by atoms with Crippen LogP contribution in [0, 0.1) is 0 Å². The highest BCUT2D eigenvalue weighted by Gasteiger charge is 2.20. The number of carbonyl (C=O) groups is 1. The van der Waals surface area contributed by atoms with Crippen LogP contribution in [0.1, 0.15) is 29.2 Å². The van der Waals surface area contributed by atoms with Crippen molar-refractivity contribution in [3.63, 3.8) is 0 Å². The Hall–Kier alpha value is -3.21. The van der Waals surface area contributed by atoms with Gasteiger partial charge in [-0.15, -0.1) is 0 Å². The van der Waals surface area contributed by atoms with Gasteiger partial charge in [-0.1, -0.05) is 48.6 Å². The van der Waals surface area contributed by atoms with Gasteiger partial charge in [0.1, 0.15) is 0 Å². The summed E-state index contributed by atoms with van der Waals surface area (Å²) in [6.07, 6.45) is 7.16. The third kappa shape index (κ3) is 3.16. The third-order valence-corrected chi connectivity index (χ3v) is 4.73. The van der Waals surface area contributed by atoms with Crippen molar-refractivity contribution >= 4 is 16.7 Å². The largest absolute Gasteiger partial charge is 0.346 e. The van der Waals surface area contributed by atoms with Crippen LogP contribution in [-0.4, -0.2) is 21.7 Å². The van der Waals surface area contributed by atoms with Gasteiger partial charge in [-0.25, -0.2) is 4.68 Å². The second-order valence-electron chi connectivity index (χ2n) is 6.46. The van der Waals surface area contributed by atoms with E-state index in [9.17, 15) is 9.59 Å². The Morgan fingerprint density at radius 3 is 2.54 bits per heavy atom. The van der Waals surface area contributed by atoms with Crippen LogP contribution < -0.4 is 10.9 Å². The Morgan fingerprint density at radius 2 is 1.77 bits per heavy atom. The summed E-state index contributed by atoms with van der Waals surface area (Å²) in [6.45, 7) is 0. The van der Waals surface area contributed by atoms with Gasteiger partial charge in [0.25, 0.3) is 11.5 Å². The smallest absolute Gasteiger partial charge is 0.275 e. The van der Waals surface area contributed by atoms with E-state index in [1.165, 1.54) is 4.68 Å². The topological polar surface area (TPSA) is 64.0 Å². The van der Waals surface area contributed by atoms with Gasteiger partial charge in [0.2, 0.25) is 0 Å². The monoisotopic (exact) mass is 345 g/mol. The first-order valence-corrected chi connectivity index (χ1v) is 8.73. The summed E-state index contributed by atoms with van der Waals surface area (Å²) in [5, 5.41) is 8.87. The standard InChI is InChI=1S/C21H19N3O2/c25-20(15-6-2-1-3-7-15)23-17-10-12-18(13-11-17)24-21(26)19-9-5-4-8-16(19)14-22-24/h1-10,12,14,17-18H,11,13H2,(H,23,25)/t17-,18+/m1/s1. The number of carbonyl (C=O) groups excluding carboxylic acids is 1. The Morgan fingerprint density at radius 1 is 1.00 bits per heavy atom. The summed E-state index contributed by atoms with van der Waals surface area (Å²) < 4.78 is 1.54. The minimum atomic E-state index is -0.0861. The SMILES string of the molecule is O=C(N[C@@H]1C=C[C@H](n2ncc3ccccc3c2=O)CC1)c1ccccc1. The van der Waals surface area contributed by atoms with Crippen LogP contribution in [0.2, 0.25) is 0 Å². The van der Waals surface area contributed by atoms with E-state index in [4.69, 9.17) is 0 Å². The van der Waals surface area contributed by atoms with E-state index in [0.29, 0.717) is 10.9 Å². The molecule has 0 saturated carbocycles. The van der Waals surface area contributed by atoms with Crippen LogP contribution in [0.3, 0.4) is 0 Å². The Balaban J connectivity index is 1.50. The number of fused-ring (bicyclic) bond motifs is 1. The van der Waals surface area contributed by atoms with Crippen molar-refractivity contribution in [3.05, 3.63) is 88.9 Å². The minimum Gasteiger partial charge on any atom is -0.346 e. The molecular formula is C21H19N3O2. The lowest BCUT2D eigenvalue weighted by atomic mass is 9.98. The number of rotatable bonds is 3. The molecule has 5 heteroatoms. The summed E-state index contributed by atoms with van der Waals surface area (Å²) >= 11 is 0. The summed E-state index contributed by atoms with van der Waals surface area (Å²) in [7, 11) is 0. The molecule has 1 aliphatic carbocycles. The lowest BCUT2D eigenvalue weighted by Gasteiger charge is -2.24. The predicted octanol–water partition coefficient (Wildman–Crippen LogP) is 3.09. The molecule has 1 heterocycles. The van der Waals surface area contributed by atoms with E-state index in [0.717, 1.165) is 18.2 Å². The predicted molar refractivity (Wildman–Crippen MR) is 101 cm³/mol. The molecule has 0 bridgehead atoms. The normalized spacial score (nSPS) is 19.4. The zero-order chi connectivity index (χ0) is 17.9. The molecule has 4 rings (SSSR count). The average Bonchev–Trinajstić information content (AvgIpc) is 2.70. The number of allylic oxidation sites excluding steroid dienone is 1. The Labute approximate surface area is 151 Å². The second kappa shape index (κ2) is 6.96. The number of aromatic nitrogens is 2. The number of nitrogens with one attached hydrogen (secondary N) is 1. The molecule has 5 nitrogen and oxygen atoms in total.